The van der Waals surface area contributed by atoms with Crippen LogP contribution in [0.5, 0.6) is 17.2 Å². The summed E-state index contributed by atoms with van der Waals surface area (Å²) in [5.41, 5.74) is 3.29. The highest BCUT2D eigenvalue weighted by molar-refractivity contribution is 7.80. The standard InChI is InChI=1S/C27H32N2O5S/c1-5-6-10-28-27(35)29-11-9-18-13-24(31-3)25(32-4)15-21(18)22(29)16-33-19-7-8-20-17(2)12-26(30)34-23(20)14-19/h7-8,12-15,22H,5-6,9-11,16H2,1-4H3,(H,28,35)/t22-/m0/s1. The summed E-state index contributed by atoms with van der Waals surface area (Å²) in [6.07, 6.45) is 2.99. The highest BCUT2D eigenvalue weighted by Crippen LogP contribution is 2.38. The number of methoxy groups -OCH3 is 2. The quantitative estimate of drug-likeness (QED) is 0.272. The highest BCUT2D eigenvalue weighted by Gasteiger charge is 2.31. The monoisotopic (exact) mass is 496 g/mol. The molecule has 1 aromatic heterocycles. The molecular weight excluding hydrogens is 464 g/mol. The van der Waals surface area contributed by atoms with Crippen molar-refractivity contribution in [2.24, 2.45) is 0 Å². The third kappa shape index (κ3) is 5.37. The third-order valence-electron chi connectivity index (χ3n) is 6.40. The van der Waals surface area contributed by atoms with Crippen molar-refractivity contribution in [1.82, 2.24) is 10.2 Å². The van der Waals surface area contributed by atoms with Gasteiger partial charge in [0.15, 0.2) is 16.6 Å². The molecule has 0 unspecified atom stereocenters. The normalized spacial score (nSPS) is 15.0. The molecule has 0 spiro atoms. The predicted molar refractivity (Wildman–Crippen MR) is 141 cm³/mol. The maximum atomic E-state index is 11.8. The Morgan fingerprint density at radius 1 is 1.17 bits per heavy atom. The van der Waals surface area contributed by atoms with Gasteiger partial charge in [-0.1, -0.05) is 13.3 Å². The van der Waals surface area contributed by atoms with E-state index in [0.717, 1.165) is 48.9 Å². The van der Waals surface area contributed by atoms with E-state index in [1.165, 1.54) is 11.6 Å². The molecule has 2 heterocycles. The molecular formula is C27H32N2O5S. The number of thiocarbonyl (C=S) groups is 1. The second kappa shape index (κ2) is 11.0. The fourth-order valence-electron chi connectivity index (χ4n) is 4.49. The second-order valence-electron chi connectivity index (χ2n) is 8.67. The summed E-state index contributed by atoms with van der Waals surface area (Å²) in [5.74, 6) is 2.01. The lowest BCUT2D eigenvalue weighted by Gasteiger charge is -2.39. The van der Waals surface area contributed by atoms with Gasteiger partial charge in [-0.15, -0.1) is 0 Å². The van der Waals surface area contributed by atoms with E-state index in [0.29, 0.717) is 34.6 Å². The van der Waals surface area contributed by atoms with E-state index in [2.05, 4.69) is 17.1 Å². The van der Waals surface area contributed by atoms with Gasteiger partial charge in [0.1, 0.15) is 17.9 Å². The molecule has 0 saturated carbocycles. The summed E-state index contributed by atoms with van der Waals surface area (Å²) >= 11 is 5.78. The number of rotatable bonds is 8. The molecule has 3 aromatic rings. The molecule has 0 saturated heterocycles. The van der Waals surface area contributed by atoms with Crippen LogP contribution in [0.3, 0.4) is 0 Å². The summed E-state index contributed by atoms with van der Waals surface area (Å²) in [4.78, 5) is 14.0. The van der Waals surface area contributed by atoms with Gasteiger partial charge in [0, 0.05) is 30.6 Å². The molecule has 8 heteroatoms. The van der Waals surface area contributed by atoms with Gasteiger partial charge in [0.05, 0.1) is 20.3 Å². The van der Waals surface area contributed by atoms with Gasteiger partial charge in [0.2, 0.25) is 0 Å². The number of nitrogens with zero attached hydrogens (tertiary/aromatic N) is 1. The largest absolute Gasteiger partial charge is 0.493 e. The van der Waals surface area contributed by atoms with Gasteiger partial charge in [-0.2, -0.15) is 0 Å². The molecule has 1 atom stereocenters. The Hall–Kier alpha value is -3.26. The molecule has 35 heavy (non-hydrogen) atoms. The zero-order chi connectivity index (χ0) is 24.9. The summed E-state index contributed by atoms with van der Waals surface area (Å²) < 4.78 is 22.8. The van der Waals surface area contributed by atoms with Crippen LogP contribution in [-0.2, 0) is 6.42 Å². The first kappa shape index (κ1) is 24.9. The van der Waals surface area contributed by atoms with E-state index in [1.807, 2.05) is 31.2 Å². The number of benzene rings is 2. The van der Waals surface area contributed by atoms with Crippen molar-refractivity contribution in [3.63, 3.8) is 0 Å². The average molecular weight is 497 g/mol. The summed E-state index contributed by atoms with van der Waals surface area (Å²) in [6.45, 7) is 6.01. The summed E-state index contributed by atoms with van der Waals surface area (Å²) in [6, 6.07) is 11.0. The van der Waals surface area contributed by atoms with E-state index in [4.69, 9.17) is 30.8 Å². The van der Waals surface area contributed by atoms with Crippen molar-refractivity contribution in [3.8, 4) is 17.2 Å². The van der Waals surface area contributed by atoms with Crippen molar-refractivity contribution >= 4 is 28.3 Å². The number of hydrogen-bond acceptors (Lipinski definition) is 6. The minimum absolute atomic E-state index is 0.125. The molecule has 1 N–H and O–H groups in total. The maximum Gasteiger partial charge on any atom is 0.336 e. The van der Waals surface area contributed by atoms with Gasteiger partial charge in [-0.3, -0.25) is 0 Å². The van der Waals surface area contributed by atoms with E-state index >= 15 is 0 Å². The summed E-state index contributed by atoms with van der Waals surface area (Å²) in [7, 11) is 3.28. The van der Waals surface area contributed by atoms with Crippen LogP contribution in [0.2, 0.25) is 0 Å². The van der Waals surface area contributed by atoms with Gasteiger partial charge >= 0.3 is 5.63 Å². The Kier molecular flexibility index (Phi) is 7.80. The van der Waals surface area contributed by atoms with Crippen LogP contribution >= 0.6 is 12.2 Å². The van der Waals surface area contributed by atoms with Gasteiger partial charge in [-0.25, -0.2) is 4.79 Å². The lowest BCUT2D eigenvalue weighted by molar-refractivity contribution is 0.187. The van der Waals surface area contributed by atoms with E-state index in [-0.39, 0.29) is 11.7 Å². The first-order chi connectivity index (χ1) is 16.9. The SMILES string of the molecule is CCCCNC(=S)N1CCc2cc(OC)c(OC)cc2[C@@H]1COc1ccc2c(C)cc(=O)oc2c1. The van der Waals surface area contributed by atoms with Crippen LogP contribution < -0.4 is 25.2 Å². The van der Waals surface area contributed by atoms with Crippen LogP contribution in [0.25, 0.3) is 11.0 Å². The lowest BCUT2D eigenvalue weighted by Crippen LogP contribution is -2.47. The molecule has 4 rings (SSSR count). The number of fused-ring (bicyclic) bond motifs is 2. The van der Waals surface area contributed by atoms with E-state index in [9.17, 15) is 4.79 Å². The van der Waals surface area contributed by atoms with E-state index in [1.54, 1.807) is 20.3 Å². The number of nitrogens with one attached hydrogen (secondary N) is 1. The van der Waals surface area contributed by atoms with Crippen LogP contribution in [0.15, 0.2) is 45.6 Å². The number of ether oxygens (including phenoxy) is 3. The van der Waals surface area contributed by atoms with Crippen LogP contribution in [0.1, 0.15) is 42.5 Å². The third-order valence-corrected chi connectivity index (χ3v) is 6.78. The molecule has 0 fully saturated rings. The average Bonchev–Trinajstić information content (AvgIpc) is 2.85. The zero-order valence-corrected chi connectivity index (χ0v) is 21.5. The highest BCUT2D eigenvalue weighted by atomic mass is 32.1. The minimum atomic E-state index is -0.371. The molecule has 186 valence electrons. The molecule has 0 bridgehead atoms. The Labute approximate surface area is 211 Å². The van der Waals surface area contributed by atoms with Crippen molar-refractivity contribution < 1.29 is 18.6 Å². The first-order valence-corrected chi connectivity index (χ1v) is 12.3. The van der Waals surface area contributed by atoms with Crippen molar-refractivity contribution in [3.05, 3.63) is 63.5 Å². The maximum absolute atomic E-state index is 11.8. The molecule has 7 nitrogen and oxygen atoms in total. The van der Waals surface area contributed by atoms with Crippen molar-refractivity contribution in [2.45, 2.75) is 39.2 Å². The molecule has 0 radical (unpaired) electrons. The summed E-state index contributed by atoms with van der Waals surface area (Å²) in [5, 5.41) is 5.00. The Balaban J connectivity index is 1.64. The Morgan fingerprint density at radius 3 is 2.69 bits per heavy atom. The lowest BCUT2D eigenvalue weighted by atomic mass is 9.92. The van der Waals surface area contributed by atoms with Crippen LogP contribution in [0, 0.1) is 6.92 Å². The fraction of sp³-hybridized carbons (Fsp3) is 0.407. The Bertz CT molecular complexity index is 1270. The van der Waals surface area contributed by atoms with Gasteiger partial charge in [-0.05, 0) is 72.9 Å². The predicted octanol–water partition coefficient (Wildman–Crippen LogP) is 4.77. The Morgan fingerprint density at radius 2 is 1.94 bits per heavy atom. The van der Waals surface area contributed by atoms with Crippen molar-refractivity contribution in [1.29, 1.82) is 0 Å². The number of unbranched alkanes of at least 4 members (excludes halogenated alkanes) is 1. The fourth-order valence-corrected chi connectivity index (χ4v) is 4.82. The van der Waals surface area contributed by atoms with Crippen LogP contribution in [0.4, 0.5) is 0 Å². The molecule has 0 amide bonds. The second-order valence-corrected chi connectivity index (χ2v) is 9.05. The minimum Gasteiger partial charge on any atom is -0.493 e. The molecule has 1 aliphatic heterocycles. The molecule has 0 aliphatic carbocycles. The zero-order valence-electron chi connectivity index (χ0n) is 20.7. The van der Waals surface area contributed by atoms with Gasteiger partial charge < -0.3 is 28.8 Å². The van der Waals surface area contributed by atoms with Crippen molar-refractivity contribution in [2.75, 3.05) is 33.9 Å². The van der Waals surface area contributed by atoms with Crippen LogP contribution in [-0.4, -0.2) is 43.9 Å². The smallest absolute Gasteiger partial charge is 0.336 e. The number of aryl methyl sites for hydroxylation is 1. The molecule has 1 aliphatic rings. The topological polar surface area (TPSA) is 73.2 Å². The first-order valence-electron chi connectivity index (χ1n) is 11.9. The number of hydrogen-bond donors (Lipinski definition) is 1. The van der Waals surface area contributed by atoms with E-state index < -0.39 is 0 Å². The molecule has 2 aromatic carbocycles. The van der Waals surface area contributed by atoms with Gasteiger partial charge in [0.25, 0.3) is 0 Å².